The smallest absolute Gasteiger partial charge is 0.338 e. The lowest BCUT2D eigenvalue weighted by atomic mass is 9.95. The molecule has 2 heterocycles. The van der Waals surface area contributed by atoms with Crippen LogP contribution in [0.1, 0.15) is 50.4 Å². The van der Waals surface area contributed by atoms with Crippen LogP contribution in [0.4, 0.5) is 5.69 Å². The minimum atomic E-state index is -0.789. The molecule has 0 saturated heterocycles. The molecule has 3 aromatic carbocycles. The third-order valence-electron chi connectivity index (χ3n) is 7.13. The number of hydrogen-bond acceptors (Lipinski definition) is 10. The highest BCUT2D eigenvalue weighted by Gasteiger charge is 2.34. The fraction of sp³-hybridized carbons (Fsp3) is 0.265. The first-order valence-electron chi connectivity index (χ1n) is 14.8. The highest BCUT2D eigenvalue weighted by Crippen LogP contribution is 2.36. The van der Waals surface area contributed by atoms with Gasteiger partial charge in [0.05, 0.1) is 46.6 Å². The number of esters is 1. The number of hydrogen-bond donors (Lipinski definition) is 0. The molecular formula is C34H33N3O8S. The van der Waals surface area contributed by atoms with Gasteiger partial charge in [-0.15, -0.1) is 0 Å². The minimum Gasteiger partial charge on any atom is -0.490 e. The van der Waals surface area contributed by atoms with Crippen LogP contribution in [0.15, 0.2) is 87.8 Å². The number of fused-ring (bicyclic) bond motifs is 1. The third kappa shape index (κ3) is 6.86. The van der Waals surface area contributed by atoms with Gasteiger partial charge >= 0.3 is 5.97 Å². The van der Waals surface area contributed by atoms with Crippen LogP contribution in [-0.2, 0) is 16.1 Å². The Morgan fingerprint density at radius 1 is 0.957 bits per heavy atom. The molecule has 0 radical (unpaired) electrons. The lowest BCUT2D eigenvalue weighted by molar-refractivity contribution is -0.384. The fourth-order valence-corrected chi connectivity index (χ4v) is 6.08. The molecule has 0 saturated carbocycles. The van der Waals surface area contributed by atoms with Crippen molar-refractivity contribution in [2.45, 2.75) is 40.3 Å². The Morgan fingerprint density at radius 2 is 1.65 bits per heavy atom. The first-order valence-corrected chi connectivity index (χ1v) is 15.6. The van der Waals surface area contributed by atoms with Gasteiger partial charge in [0.1, 0.15) is 12.4 Å². The number of non-ortho nitro benzene ring substituents is 1. The standard InChI is InChI=1S/C34H33N3O8S/c1-5-42-27-17-12-24(19-28(27)43-6-2)31-30(33(39)44-7-3)21(4)35-34-36(31)32(38)29(46-34)18-22-10-15-26(16-11-22)45-20-23-8-13-25(14-9-23)37(40)41/h8-19,31H,5-7,20H2,1-4H3/b29-18-/t31-/m0/s1. The summed E-state index contributed by atoms with van der Waals surface area (Å²) in [5.74, 6) is 1.14. The average Bonchev–Trinajstić information content (AvgIpc) is 3.35. The van der Waals surface area contributed by atoms with Gasteiger partial charge in [-0.2, -0.15) is 0 Å². The summed E-state index contributed by atoms with van der Waals surface area (Å²) in [6, 6.07) is 18.0. The maximum Gasteiger partial charge on any atom is 0.338 e. The Kier molecular flexibility index (Phi) is 9.97. The first-order chi connectivity index (χ1) is 22.2. The van der Waals surface area contributed by atoms with E-state index in [1.54, 1.807) is 56.3 Å². The van der Waals surface area contributed by atoms with Crippen LogP contribution in [0.25, 0.3) is 6.08 Å². The van der Waals surface area contributed by atoms with Crippen molar-refractivity contribution in [3.05, 3.63) is 124 Å². The van der Waals surface area contributed by atoms with Crippen molar-refractivity contribution in [1.29, 1.82) is 0 Å². The van der Waals surface area contributed by atoms with E-state index in [4.69, 9.17) is 18.9 Å². The number of carbonyl (C=O) groups is 1. The average molecular weight is 644 g/mol. The van der Waals surface area contributed by atoms with E-state index in [9.17, 15) is 19.7 Å². The second-order valence-electron chi connectivity index (χ2n) is 10.2. The Morgan fingerprint density at radius 3 is 2.30 bits per heavy atom. The van der Waals surface area contributed by atoms with Gasteiger partial charge in [-0.3, -0.25) is 19.5 Å². The number of thiazole rings is 1. The molecule has 1 aromatic heterocycles. The number of nitro groups is 1. The van der Waals surface area contributed by atoms with E-state index in [0.717, 1.165) is 11.1 Å². The molecule has 238 valence electrons. The largest absolute Gasteiger partial charge is 0.490 e. The molecule has 0 N–H and O–H groups in total. The summed E-state index contributed by atoms with van der Waals surface area (Å²) in [7, 11) is 0. The van der Waals surface area contributed by atoms with Crippen molar-refractivity contribution in [3.8, 4) is 17.2 Å². The summed E-state index contributed by atoms with van der Waals surface area (Å²) >= 11 is 1.23. The van der Waals surface area contributed by atoms with Gasteiger partial charge in [0.15, 0.2) is 16.3 Å². The zero-order valence-electron chi connectivity index (χ0n) is 25.8. The van der Waals surface area contributed by atoms with E-state index in [-0.39, 0.29) is 30.0 Å². The summed E-state index contributed by atoms with van der Waals surface area (Å²) < 4.78 is 24.8. The molecular weight excluding hydrogens is 610 g/mol. The number of carbonyl (C=O) groups excluding carboxylic acids is 1. The van der Waals surface area contributed by atoms with Gasteiger partial charge in [0.25, 0.3) is 11.2 Å². The van der Waals surface area contributed by atoms with Crippen molar-refractivity contribution in [2.24, 2.45) is 4.99 Å². The molecule has 0 amide bonds. The number of benzene rings is 3. The maximum absolute atomic E-state index is 14.0. The van der Waals surface area contributed by atoms with Crippen LogP contribution < -0.4 is 29.1 Å². The Bertz CT molecular complexity index is 1960. The van der Waals surface area contributed by atoms with Crippen LogP contribution in [0, 0.1) is 10.1 Å². The van der Waals surface area contributed by atoms with Gasteiger partial charge in [0.2, 0.25) is 0 Å². The molecule has 0 bridgehead atoms. The SMILES string of the molecule is CCOC(=O)C1=C(C)N=c2s/c(=C\c3ccc(OCc4ccc([N+](=O)[O-])cc4)cc3)c(=O)n2[C@H]1c1ccc(OCC)c(OCC)c1. The Hall–Kier alpha value is -5.23. The molecule has 1 atom stereocenters. The molecule has 12 heteroatoms. The van der Waals surface area contributed by atoms with Crippen LogP contribution in [0.2, 0.25) is 0 Å². The second kappa shape index (κ2) is 14.2. The molecule has 1 aliphatic heterocycles. The number of rotatable bonds is 12. The molecule has 11 nitrogen and oxygen atoms in total. The summed E-state index contributed by atoms with van der Waals surface area (Å²) in [5.41, 5.74) is 2.69. The number of aromatic nitrogens is 1. The normalized spacial score (nSPS) is 14.3. The van der Waals surface area contributed by atoms with E-state index in [0.29, 0.717) is 51.1 Å². The lowest BCUT2D eigenvalue weighted by Gasteiger charge is -2.25. The molecule has 0 spiro atoms. The second-order valence-corrected chi connectivity index (χ2v) is 11.2. The summed E-state index contributed by atoms with van der Waals surface area (Å²) in [6.45, 7) is 8.51. The van der Waals surface area contributed by atoms with Gasteiger partial charge in [-0.25, -0.2) is 9.79 Å². The van der Waals surface area contributed by atoms with Crippen molar-refractivity contribution >= 4 is 29.1 Å². The van der Waals surface area contributed by atoms with E-state index in [2.05, 4.69) is 4.99 Å². The van der Waals surface area contributed by atoms with E-state index >= 15 is 0 Å². The van der Waals surface area contributed by atoms with Crippen molar-refractivity contribution in [3.63, 3.8) is 0 Å². The topological polar surface area (TPSA) is 131 Å². The van der Waals surface area contributed by atoms with Gasteiger partial charge in [-0.05, 0) is 86.9 Å². The van der Waals surface area contributed by atoms with Crippen LogP contribution in [-0.4, -0.2) is 35.3 Å². The molecule has 46 heavy (non-hydrogen) atoms. The van der Waals surface area contributed by atoms with Gasteiger partial charge < -0.3 is 18.9 Å². The van der Waals surface area contributed by atoms with E-state index < -0.39 is 16.9 Å². The number of nitro benzene ring substituents is 1. The quantitative estimate of drug-likeness (QED) is 0.119. The zero-order chi connectivity index (χ0) is 32.8. The maximum atomic E-state index is 14.0. The first kappa shape index (κ1) is 32.2. The number of nitrogens with zero attached hydrogens (tertiary/aromatic N) is 3. The zero-order valence-corrected chi connectivity index (χ0v) is 26.7. The van der Waals surface area contributed by atoms with Crippen molar-refractivity contribution in [2.75, 3.05) is 19.8 Å². The van der Waals surface area contributed by atoms with E-state index in [1.807, 2.05) is 32.0 Å². The molecule has 4 aromatic rings. The molecule has 0 fully saturated rings. The summed E-state index contributed by atoms with van der Waals surface area (Å²) in [4.78, 5) is 42.8. The fourth-order valence-electron chi connectivity index (χ4n) is 5.04. The number of allylic oxidation sites excluding steroid dienone is 1. The predicted molar refractivity (Wildman–Crippen MR) is 173 cm³/mol. The summed E-state index contributed by atoms with van der Waals surface area (Å²) in [5, 5.41) is 10.9. The molecule has 0 unspecified atom stereocenters. The summed E-state index contributed by atoms with van der Waals surface area (Å²) in [6.07, 6.45) is 1.77. The third-order valence-corrected chi connectivity index (χ3v) is 8.11. The minimum absolute atomic E-state index is 0.0201. The van der Waals surface area contributed by atoms with Gasteiger partial charge in [-0.1, -0.05) is 29.5 Å². The Balaban J connectivity index is 1.49. The van der Waals surface area contributed by atoms with E-state index in [1.165, 1.54) is 28.0 Å². The Labute approximate surface area is 268 Å². The van der Waals surface area contributed by atoms with Gasteiger partial charge in [0, 0.05) is 12.1 Å². The number of ether oxygens (including phenoxy) is 4. The molecule has 5 rings (SSSR count). The van der Waals surface area contributed by atoms with Crippen LogP contribution >= 0.6 is 11.3 Å². The highest BCUT2D eigenvalue weighted by atomic mass is 32.1. The lowest BCUT2D eigenvalue weighted by Crippen LogP contribution is -2.40. The van der Waals surface area contributed by atoms with Crippen LogP contribution in [0.5, 0.6) is 17.2 Å². The predicted octanol–water partition coefficient (Wildman–Crippen LogP) is 5.08. The monoisotopic (exact) mass is 643 g/mol. The molecule has 1 aliphatic rings. The van der Waals surface area contributed by atoms with Crippen molar-refractivity contribution in [1.82, 2.24) is 4.57 Å². The highest BCUT2D eigenvalue weighted by molar-refractivity contribution is 7.07. The van der Waals surface area contributed by atoms with Crippen molar-refractivity contribution < 1.29 is 28.7 Å². The van der Waals surface area contributed by atoms with Crippen LogP contribution in [0.3, 0.4) is 0 Å². The molecule has 0 aliphatic carbocycles.